The minimum absolute atomic E-state index is 0. The van der Waals surface area contributed by atoms with Crippen LogP contribution in [0.15, 0.2) is 35.5 Å². The maximum absolute atomic E-state index is 12.1. The van der Waals surface area contributed by atoms with Crippen molar-refractivity contribution in [3.05, 3.63) is 36.0 Å². The molecule has 1 aromatic carbocycles. The van der Waals surface area contributed by atoms with Gasteiger partial charge in [0.1, 0.15) is 0 Å². The minimum atomic E-state index is -0.717. The number of amides is 3. The van der Waals surface area contributed by atoms with Crippen LogP contribution in [0, 0.1) is 0 Å². The molecule has 0 unspecified atom stereocenters. The second-order valence-corrected chi connectivity index (χ2v) is 5.10. The fraction of sp³-hybridized carbons (Fsp3) is 0.267. The molecule has 8 heteroatoms. The molecule has 4 N–H and O–H groups in total. The molecule has 0 spiro atoms. The summed E-state index contributed by atoms with van der Waals surface area (Å²) < 4.78 is 0. The zero-order valence-corrected chi connectivity index (χ0v) is 14.1. The van der Waals surface area contributed by atoms with E-state index >= 15 is 0 Å². The molecule has 1 aromatic heterocycles. The number of fused-ring (bicyclic) bond motifs is 1. The third-order valence-corrected chi connectivity index (χ3v) is 3.66. The largest absolute Gasteiger partial charge is 0.361 e. The molecular formula is C15H18BrN5O2. The normalized spacial score (nSPS) is 14.3. The first-order valence-electron chi connectivity index (χ1n) is 7.11. The molecule has 2 aromatic rings. The Balaban J connectivity index is 0.00000192. The average molecular weight is 380 g/mol. The molecule has 0 radical (unpaired) electrons. The molecular weight excluding hydrogens is 362 g/mol. The van der Waals surface area contributed by atoms with Crippen LogP contribution < -0.4 is 11.1 Å². The van der Waals surface area contributed by atoms with Crippen molar-refractivity contribution in [2.24, 2.45) is 10.7 Å². The summed E-state index contributed by atoms with van der Waals surface area (Å²) in [7, 11) is 0. The first-order chi connectivity index (χ1) is 10.6. The maximum Gasteiger partial charge on any atom is 0.318 e. The predicted octanol–water partition coefficient (Wildman–Crippen LogP) is 1.54. The van der Waals surface area contributed by atoms with Crippen LogP contribution in [-0.2, 0) is 11.2 Å². The molecule has 2 heterocycles. The number of nitrogens with one attached hydrogen (secondary N) is 2. The highest BCUT2D eigenvalue weighted by Gasteiger charge is 2.24. The van der Waals surface area contributed by atoms with Gasteiger partial charge in [-0.15, -0.1) is 17.0 Å². The Morgan fingerprint density at radius 1 is 1.39 bits per heavy atom. The fourth-order valence-electron chi connectivity index (χ4n) is 2.61. The number of benzene rings is 1. The number of halogens is 1. The average Bonchev–Trinajstić information content (AvgIpc) is 2.89. The number of aliphatic imine (C=N–C) groups is 1. The van der Waals surface area contributed by atoms with Crippen molar-refractivity contribution in [1.29, 1.82) is 0 Å². The summed E-state index contributed by atoms with van der Waals surface area (Å²) in [5.41, 5.74) is 7.30. The topological polar surface area (TPSA) is 104 Å². The van der Waals surface area contributed by atoms with E-state index in [1.54, 1.807) is 0 Å². The summed E-state index contributed by atoms with van der Waals surface area (Å²) in [6, 6.07) is 7.28. The maximum atomic E-state index is 12.1. The van der Waals surface area contributed by atoms with E-state index in [1.807, 2.05) is 30.5 Å². The van der Waals surface area contributed by atoms with Gasteiger partial charge in [-0.25, -0.2) is 4.79 Å². The number of aromatic amines is 1. The number of nitrogens with zero attached hydrogens (tertiary/aromatic N) is 2. The molecule has 0 saturated heterocycles. The molecule has 1 aliphatic rings. The van der Waals surface area contributed by atoms with Crippen molar-refractivity contribution < 1.29 is 9.59 Å². The molecule has 122 valence electrons. The quantitative estimate of drug-likeness (QED) is 0.752. The van der Waals surface area contributed by atoms with Crippen molar-refractivity contribution in [3.63, 3.8) is 0 Å². The number of aromatic nitrogens is 1. The van der Waals surface area contributed by atoms with E-state index < -0.39 is 6.03 Å². The van der Waals surface area contributed by atoms with Crippen molar-refractivity contribution >= 4 is 45.8 Å². The van der Waals surface area contributed by atoms with Gasteiger partial charge < -0.3 is 10.7 Å². The van der Waals surface area contributed by atoms with Crippen molar-refractivity contribution in [2.45, 2.75) is 12.8 Å². The first-order valence-corrected chi connectivity index (χ1v) is 7.11. The Kier molecular flexibility index (Phi) is 5.38. The van der Waals surface area contributed by atoms with Gasteiger partial charge in [0.15, 0.2) is 0 Å². The molecule has 23 heavy (non-hydrogen) atoms. The number of H-pyrrole nitrogens is 1. The number of primary amides is 1. The van der Waals surface area contributed by atoms with Gasteiger partial charge >= 0.3 is 6.03 Å². The molecule has 0 fully saturated rings. The fourth-order valence-corrected chi connectivity index (χ4v) is 2.61. The SMILES string of the molecule is Br.NC(=O)NC1=NCCC(=O)N1CCc1c[nH]c2ccccc12. The minimum Gasteiger partial charge on any atom is -0.361 e. The van der Waals surface area contributed by atoms with Gasteiger partial charge in [0.05, 0.1) is 6.54 Å². The third kappa shape index (κ3) is 3.70. The summed E-state index contributed by atoms with van der Waals surface area (Å²) in [6.07, 6.45) is 2.95. The first kappa shape index (κ1) is 17.0. The highest BCUT2D eigenvalue weighted by Crippen LogP contribution is 2.18. The standard InChI is InChI=1S/C15H17N5O2.BrH/c16-14(22)19-15-17-7-5-13(21)20(15)8-6-10-9-18-12-4-2-1-3-11(10)12;/h1-4,9,18H,5-8H2,(H3,16,17,19,22);1H. The number of carbonyl (C=O) groups excluding carboxylic acids is 2. The van der Waals surface area contributed by atoms with E-state index in [9.17, 15) is 9.59 Å². The molecule has 0 bridgehead atoms. The molecule has 0 saturated carbocycles. The van der Waals surface area contributed by atoms with Gasteiger partial charge in [0.2, 0.25) is 11.9 Å². The lowest BCUT2D eigenvalue weighted by atomic mass is 10.1. The van der Waals surface area contributed by atoms with Crippen molar-refractivity contribution in [2.75, 3.05) is 13.1 Å². The predicted molar refractivity (Wildman–Crippen MR) is 93.7 cm³/mol. The lowest BCUT2D eigenvalue weighted by Crippen LogP contribution is -2.51. The second kappa shape index (κ2) is 7.28. The summed E-state index contributed by atoms with van der Waals surface area (Å²) in [5, 5.41) is 3.55. The molecule has 0 atom stereocenters. The number of urea groups is 1. The van der Waals surface area contributed by atoms with E-state index in [0.717, 1.165) is 16.5 Å². The molecule has 3 rings (SSSR count). The number of para-hydroxylation sites is 1. The number of hydrogen-bond donors (Lipinski definition) is 3. The van der Waals surface area contributed by atoms with Crippen LogP contribution in [0.1, 0.15) is 12.0 Å². The Morgan fingerprint density at radius 2 is 2.17 bits per heavy atom. The van der Waals surface area contributed by atoms with Crippen LogP contribution in [0.3, 0.4) is 0 Å². The van der Waals surface area contributed by atoms with Crippen LogP contribution >= 0.6 is 17.0 Å². The summed E-state index contributed by atoms with van der Waals surface area (Å²) in [6.45, 7) is 0.817. The molecule has 0 aliphatic carbocycles. The van der Waals surface area contributed by atoms with E-state index in [1.165, 1.54) is 4.90 Å². The Labute approximate surface area is 143 Å². The van der Waals surface area contributed by atoms with E-state index in [2.05, 4.69) is 15.3 Å². The van der Waals surface area contributed by atoms with Gasteiger partial charge in [-0.2, -0.15) is 0 Å². The Morgan fingerprint density at radius 3 is 2.96 bits per heavy atom. The molecule has 1 aliphatic heterocycles. The number of rotatable bonds is 3. The lowest BCUT2D eigenvalue weighted by molar-refractivity contribution is -0.127. The molecule has 7 nitrogen and oxygen atoms in total. The van der Waals surface area contributed by atoms with Crippen LogP contribution in [0.4, 0.5) is 4.79 Å². The molecule has 3 amide bonds. The van der Waals surface area contributed by atoms with Gasteiger partial charge in [0.25, 0.3) is 0 Å². The van der Waals surface area contributed by atoms with Gasteiger partial charge in [-0.05, 0) is 18.1 Å². The highest BCUT2D eigenvalue weighted by atomic mass is 79.9. The van der Waals surface area contributed by atoms with E-state index in [4.69, 9.17) is 5.73 Å². The van der Waals surface area contributed by atoms with E-state index in [-0.39, 0.29) is 28.8 Å². The zero-order chi connectivity index (χ0) is 15.5. The van der Waals surface area contributed by atoms with E-state index in [0.29, 0.717) is 25.9 Å². The summed E-state index contributed by atoms with van der Waals surface area (Å²) in [5.74, 6) is 0.183. The highest BCUT2D eigenvalue weighted by molar-refractivity contribution is 8.93. The van der Waals surface area contributed by atoms with Gasteiger partial charge in [-0.3, -0.25) is 20.0 Å². The van der Waals surface area contributed by atoms with Gasteiger partial charge in [-0.1, -0.05) is 18.2 Å². The second-order valence-electron chi connectivity index (χ2n) is 5.10. The third-order valence-electron chi connectivity index (χ3n) is 3.66. The number of guanidine groups is 1. The zero-order valence-electron chi connectivity index (χ0n) is 12.4. The Bertz CT molecular complexity index is 755. The Hall–Kier alpha value is -2.35. The number of carbonyl (C=O) groups is 2. The summed E-state index contributed by atoms with van der Waals surface area (Å²) in [4.78, 5) is 31.9. The van der Waals surface area contributed by atoms with Crippen molar-refractivity contribution in [3.8, 4) is 0 Å². The smallest absolute Gasteiger partial charge is 0.318 e. The van der Waals surface area contributed by atoms with Crippen LogP contribution in [0.5, 0.6) is 0 Å². The van der Waals surface area contributed by atoms with Crippen LogP contribution in [0.2, 0.25) is 0 Å². The lowest BCUT2D eigenvalue weighted by Gasteiger charge is -2.26. The van der Waals surface area contributed by atoms with Crippen LogP contribution in [-0.4, -0.2) is 40.9 Å². The summed E-state index contributed by atoms with van der Waals surface area (Å²) >= 11 is 0. The number of hydrogen-bond acceptors (Lipinski definition) is 3. The number of nitrogens with two attached hydrogens (primary N) is 1. The van der Waals surface area contributed by atoms with Crippen molar-refractivity contribution in [1.82, 2.24) is 15.2 Å². The monoisotopic (exact) mass is 379 g/mol. The van der Waals surface area contributed by atoms with Crippen LogP contribution in [0.25, 0.3) is 10.9 Å². The van der Waals surface area contributed by atoms with Gasteiger partial charge in [0, 0.05) is 30.1 Å².